The molecular formula is C12H15F2NO2. The monoisotopic (exact) mass is 243 g/mol. The Balaban J connectivity index is 3.21. The van der Waals surface area contributed by atoms with Gasteiger partial charge in [-0.25, -0.2) is 8.78 Å². The minimum atomic E-state index is -1.44. The van der Waals surface area contributed by atoms with Crippen LogP contribution in [0.5, 0.6) is 0 Å². The van der Waals surface area contributed by atoms with E-state index in [1.807, 2.05) is 0 Å². The number of hydrogen-bond donors (Lipinski definition) is 2. The lowest BCUT2D eigenvalue weighted by molar-refractivity contribution is -0.143. The van der Waals surface area contributed by atoms with E-state index in [2.05, 4.69) is 5.32 Å². The van der Waals surface area contributed by atoms with Gasteiger partial charge < -0.3 is 10.4 Å². The van der Waals surface area contributed by atoms with E-state index in [-0.39, 0.29) is 12.0 Å². The van der Waals surface area contributed by atoms with E-state index in [0.29, 0.717) is 6.54 Å². The van der Waals surface area contributed by atoms with Crippen LogP contribution in [0.3, 0.4) is 0 Å². The molecule has 1 unspecified atom stereocenters. The second-order valence-electron chi connectivity index (χ2n) is 4.11. The molecular weight excluding hydrogens is 228 g/mol. The first-order valence-electron chi connectivity index (χ1n) is 5.25. The highest BCUT2D eigenvalue weighted by molar-refractivity contribution is 5.80. The summed E-state index contributed by atoms with van der Waals surface area (Å²) in [6.45, 7) is 1.79. The zero-order chi connectivity index (χ0) is 13.1. The lowest BCUT2D eigenvalue weighted by atomic mass is 9.79. The summed E-state index contributed by atoms with van der Waals surface area (Å²) in [5, 5.41) is 12.0. The Bertz CT molecular complexity index is 423. The van der Waals surface area contributed by atoms with Crippen molar-refractivity contribution >= 4 is 5.97 Å². The molecule has 94 valence electrons. The standard InChI is InChI=1S/C12H15F2NO2/c1-12(11(16)17,5-6-15-2)9-7-8(13)3-4-10(9)14/h3-4,7,15H,5-6H2,1-2H3,(H,16,17). The molecule has 0 saturated heterocycles. The Morgan fingerprint density at radius 3 is 2.65 bits per heavy atom. The van der Waals surface area contributed by atoms with Crippen LogP contribution in [0.1, 0.15) is 18.9 Å². The molecule has 0 aliphatic heterocycles. The van der Waals surface area contributed by atoms with Gasteiger partial charge in [0.05, 0.1) is 5.41 Å². The van der Waals surface area contributed by atoms with Gasteiger partial charge in [-0.05, 0) is 45.1 Å². The maximum atomic E-state index is 13.6. The SMILES string of the molecule is CNCCC(C)(C(=O)O)c1cc(F)ccc1F. The third kappa shape index (κ3) is 2.79. The van der Waals surface area contributed by atoms with E-state index in [9.17, 15) is 18.7 Å². The first-order chi connectivity index (χ1) is 7.91. The molecule has 0 heterocycles. The quantitative estimate of drug-likeness (QED) is 0.830. The highest BCUT2D eigenvalue weighted by atomic mass is 19.1. The number of rotatable bonds is 5. The van der Waals surface area contributed by atoms with Crippen molar-refractivity contribution in [3.05, 3.63) is 35.4 Å². The van der Waals surface area contributed by atoms with Gasteiger partial charge >= 0.3 is 5.97 Å². The highest BCUT2D eigenvalue weighted by Gasteiger charge is 2.37. The lowest BCUT2D eigenvalue weighted by Gasteiger charge is -2.25. The molecule has 5 heteroatoms. The number of carboxylic acid groups (broad SMARTS) is 1. The van der Waals surface area contributed by atoms with Crippen molar-refractivity contribution in [1.29, 1.82) is 0 Å². The number of halogens is 2. The van der Waals surface area contributed by atoms with Crippen molar-refractivity contribution in [2.75, 3.05) is 13.6 Å². The molecule has 0 fully saturated rings. The fourth-order valence-corrected chi connectivity index (χ4v) is 1.65. The van der Waals surface area contributed by atoms with Gasteiger partial charge in [-0.2, -0.15) is 0 Å². The van der Waals surface area contributed by atoms with Crippen LogP contribution in [0.4, 0.5) is 8.78 Å². The Hall–Kier alpha value is -1.49. The third-order valence-corrected chi connectivity index (χ3v) is 2.87. The maximum absolute atomic E-state index is 13.6. The number of carbonyl (C=O) groups is 1. The molecule has 0 aliphatic carbocycles. The summed E-state index contributed by atoms with van der Waals surface area (Å²) in [5.41, 5.74) is -1.56. The van der Waals surface area contributed by atoms with Crippen LogP contribution < -0.4 is 5.32 Å². The summed E-state index contributed by atoms with van der Waals surface area (Å²) in [6, 6.07) is 2.86. The Labute approximate surface area is 98.5 Å². The largest absolute Gasteiger partial charge is 0.481 e. The van der Waals surface area contributed by atoms with Crippen LogP contribution in [0, 0.1) is 11.6 Å². The molecule has 0 aromatic heterocycles. The van der Waals surface area contributed by atoms with Crippen LogP contribution in [0.15, 0.2) is 18.2 Å². The molecule has 1 aromatic carbocycles. The molecule has 2 N–H and O–H groups in total. The van der Waals surface area contributed by atoms with Crippen LogP contribution in [-0.2, 0) is 10.2 Å². The van der Waals surface area contributed by atoms with Crippen LogP contribution in [0.2, 0.25) is 0 Å². The van der Waals surface area contributed by atoms with Gasteiger partial charge in [-0.3, -0.25) is 4.79 Å². The van der Waals surface area contributed by atoms with Gasteiger partial charge in [0.2, 0.25) is 0 Å². The second-order valence-corrected chi connectivity index (χ2v) is 4.11. The fourth-order valence-electron chi connectivity index (χ4n) is 1.65. The number of benzene rings is 1. The summed E-state index contributed by atoms with van der Waals surface area (Å²) in [4.78, 5) is 11.3. The predicted octanol–water partition coefficient (Wildman–Crippen LogP) is 1.92. The number of carboxylic acids is 1. The maximum Gasteiger partial charge on any atom is 0.313 e. The molecule has 17 heavy (non-hydrogen) atoms. The van der Waals surface area contributed by atoms with Crippen molar-refractivity contribution < 1.29 is 18.7 Å². The van der Waals surface area contributed by atoms with Gasteiger partial charge in [0.15, 0.2) is 0 Å². The van der Waals surface area contributed by atoms with E-state index in [1.165, 1.54) is 6.92 Å². The minimum absolute atomic E-state index is 0.125. The van der Waals surface area contributed by atoms with E-state index in [0.717, 1.165) is 18.2 Å². The number of aliphatic carboxylic acids is 1. The first kappa shape index (κ1) is 13.6. The van der Waals surface area contributed by atoms with Gasteiger partial charge in [-0.1, -0.05) is 0 Å². The second kappa shape index (κ2) is 5.23. The van der Waals surface area contributed by atoms with Crippen molar-refractivity contribution in [3.8, 4) is 0 Å². The van der Waals surface area contributed by atoms with Gasteiger partial charge in [0.1, 0.15) is 11.6 Å². The molecule has 0 aliphatic rings. The first-order valence-corrected chi connectivity index (χ1v) is 5.25. The molecule has 0 saturated carbocycles. The Morgan fingerprint density at radius 1 is 1.47 bits per heavy atom. The van der Waals surface area contributed by atoms with Crippen molar-refractivity contribution in [2.24, 2.45) is 0 Å². The Morgan fingerprint density at radius 2 is 2.12 bits per heavy atom. The summed E-state index contributed by atoms with van der Waals surface area (Å²) in [7, 11) is 1.67. The molecule has 0 bridgehead atoms. The van der Waals surface area contributed by atoms with E-state index in [1.54, 1.807) is 7.05 Å². The normalized spacial score (nSPS) is 14.4. The highest BCUT2D eigenvalue weighted by Crippen LogP contribution is 2.30. The van der Waals surface area contributed by atoms with Crippen molar-refractivity contribution in [2.45, 2.75) is 18.8 Å². The lowest BCUT2D eigenvalue weighted by Crippen LogP contribution is -2.36. The fraction of sp³-hybridized carbons (Fsp3) is 0.417. The van der Waals surface area contributed by atoms with Gasteiger partial charge in [0.25, 0.3) is 0 Å². The van der Waals surface area contributed by atoms with Crippen LogP contribution >= 0.6 is 0 Å². The summed E-state index contributed by atoms with van der Waals surface area (Å²) < 4.78 is 26.7. The zero-order valence-electron chi connectivity index (χ0n) is 9.76. The van der Waals surface area contributed by atoms with Gasteiger partial charge in [-0.15, -0.1) is 0 Å². The zero-order valence-corrected chi connectivity index (χ0v) is 9.76. The van der Waals surface area contributed by atoms with E-state index >= 15 is 0 Å². The molecule has 3 nitrogen and oxygen atoms in total. The predicted molar refractivity (Wildman–Crippen MR) is 59.9 cm³/mol. The molecule has 0 spiro atoms. The van der Waals surface area contributed by atoms with E-state index in [4.69, 9.17) is 0 Å². The van der Waals surface area contributed by atoms with Crippen molar-refractivity contribution in [1.82, 2.24) is 5.32 Å². The number of nitrogens with one attached hydrogen (secondary N) is 1. The summed E-state index contributed by atoms with van der Waals surface area (Å²) in [5.74, 6) is -2.51. The Kier molecular flexibility index (Phi) is 4.17. The smallest absolute Gasteiger partial charge is 0.313 e. The summed E-state index contributed by atoms with van der Waals surface area (Å²) >= 11 is 0. The minimum Gasteiger partial charge on any atom is -0.481 e. The molecule has 1 atom stereocenters. The molecule has 0 radical (unpaired) electrons. The van der Waals surface area contributed by atoms with Gasteiger partial charge in [0, 0.05) is 5.56 Å². The molecule has 1 aromatic rings. The average Bonchev–Trinajstić information content (AvgIpc) is 2.29. The summed E-state index contributed by atoms with van der Waals surface area (Å²) in [6.07, 6.45) is 0.180. The van der Waals surface area contributed by atoms with E-state index < -0.39 is 23.0 Å². The third-order valence-electron chi connectivity index (χ3n) is 2.87. The molecule has 0 amide bonds. The van der Waals surface area contributed by atoms with Crippen molar-refractivity contribution in [3.63, 3.8) is 0 Å². The molecule has 1 rings (SSSR count). The van der Waals surface area contributed by atoms with Crippen LogP contribution in [0.25, 0.3) is 0 Å². The topological polar surface area (TPSA) is 49.3 Å². The average molecular weight is 243 g/mol. The van der Waals surface area contributed by atoms with Crippen LogP contribution in [-0.4, -0.2) is 24.7 Å². The number of hydrogen-bond acceptors (Lipinski definition) is 2.